The molecule has 1 N–H and O–H groups in total. The summed E-state index contributed by atoms with van der Waals surface area (Å²) in [5.74, 6) is -0.413. The van der Waals surface area contributed by atoms with Crippen LogP contribution in [-0.2, 0) is 24.4 Å². The number of rotatable bonds is 8. The molecule has 41 heavy (non-hydrogen) atoms. The number of fused-ring (bicyclic) bond motifs is 1. The fourth-order valence-electron chi connectivity index (χ4n) is 6.28. The highest BCUT2D eigenvalue weighted by Crippen LogP contribution is 2.25. The van der Waals surface area contributed by atoms with Crippen molar-refractivity contribution in [3.8, 4) is 0 Å². The number of sulfonamides is 1. The predicted octanol–water partition coefficient (Wildman–Crippen LogP) is 2.31. The summed E-state index contributed by atoms with van der Waals surface area (Å²) in [6, 6.07) is 9.33. The van der Waals surface area contributed by atoms with Gasteiger partial charge in [-0.15, -0.1) is 0 Å². The maximum absolute atomic E-state index is 13.4. The van der Waals surface area contributed by atoms with Crippen molar-refractivity contribution in [2.75, 3.05) is 46.3 Å². The molecule has 2 aromatic carbocycles. The third kappa shape index (κ3) is 6.69. The van der Waals surface area contributed by atoms with Crippen molar-refractivity contribution < 1.29 is 22.8 Å². The van der Waals surface area contributed by atoms with E-state index >= 15 is 0 Å². The zero-order chi connectivity index (χ0) is 29.3. The molecule has 0 saturated carbocycles. The fraction of sp³-hybridized carbons (Fsp3) is 0.552. The van der Waals surface area contributed by atoms with Crippen molar-refractivity contribution in [2.45, 2.75) is 62.0 Å². The van der Waals surface area contributed by atoms with Crippen LogP contribution in [0.1, 0.15) is 39.0 Å². The quantitative estimate of drug-likeness (QED) is 0.496. The zero-order valence-corrected chi connectivity index (χ0v) is 25.2. The first-order valence-corrected chi connectivity index (χ1v) is 16.1. The van der Waals surface area contributed by atoms with Gasteiger partial charge in [-0.2, -0.15) is 4.72 Å². The summed E-state index contributed by atoms with van der Waals surface area (Å²) in [6.07, 6.45) is 3.72. The lowest BCUT2D eigenvalue weighted by molar-refractivity contribution is -0.143. The summed E-state index contributed by atoms with van der Waals surface area (Å²) in [4.78, 5) is 46.0. The number of carbonyl (C=O) groups excluding carboxylic acids is 3. The molecule has 3 unspecified atom stereocenters. The Morgan fingerprint density at radius 3 is 2.54 bits per heavy atom. The highest BCUT2D eigenvalue weighted by molar-refractivity contribution is 7.89. The molecule has 0 aliphatic carbocycles. The van der Waals surface area contributed by atoms with Crippen LogP contribution < -0.4 is 4.72 Å². The molecule has 3 fully saturated rings. The Morgan fingerprint density at radius 1 is 1.02 bits per heavy atom. The first-order chi connectivity index (χ1) is 19.5. The number of carbonyl (C=O) groups is 3. The largest absolute Gasteiger partial charge is 0.342 e. The van der Waals surface area contributed by atoms with Gasteiger partial charge in [0.15, 0.2) is 0 Å². The molecule has 3 amide bonds. The molecule has 3 saturated heterocycles. The van der Waals surface area contributed by atoms with Crippen LogP contribution in [0.5, 0.6) is 0 Å². The fourth-order valence-corrected chi connectivity index (χ4v) is 7.72. The standard InChI is InChI=1S/C29H38ClN5O5S/c1-20(36)32(2)24-11-14-33(17-24)18-25-5-3-13-35(25)28(37)19-34-12-4-6-27(29(34)38)31-41(39,40)26-10-8-21-15-23(30)9-7-22(21)16-26/h7-10,15-16,24-25,27,31H,3-6,11-14,17-19H2,1-2H3. The first kappa shape index (κ1) is 29.8. The third-order valence-electron chi connectivity index (χ3n) is 8.70. The summed E-state index contributed by atoms with van der Waals surface area (Å²) in [5.41, 5.74) is 0. The Labute approximate surface area is 246 Å². The molecule has 2 aromatic rings. The minimum atomic E-state index is -3.96. The first-order valence-electron chi connectivity index (χ1n) is 14.3. The van der Waals surface area contributed by atoms with E-state index in [0.717, 1.165) is 49.7 Å². The van der Waals surface area contributed by atoms with Crippen molar-refractivity contribution in [1.29, 1.82) is 0 Å². The summed E-state index contributed by atoms with van der Waals surface area (Å²) < 4.78 is 29.0. The zero-order valence-electron chi connectivity index (χ0n) is 23.6. The van der Waals surface area contributed by atoms with Crippen LogP contribution in [0, 0.1) is 0 Å². The number of nitrogens with zero attached hydrogens (tertiary/aromatic N) is 4. The van der Waals surface area contributed by atoms with Gasteiger partial charge in [0.2, 0.25) is 27.7 Å². The van der Waals surface area contributed by atoms with Gasteiger partial charge in [0.05, 0.1) is 11.4 Å². The lowest BCUT2D eigenvalue weighted by atomic mass is 10.1. The molecule has 3 heterocycles. The monoisotopic (exact) mass is 603 g/mol. The molecule has 3 aliphatic rings. The minimum absolute atomic E-state index is 0.0556. The lowest BCUT2D eigenvalue weighted by Gasteiger charge is -2.35. The van der Waals surface area contributed by atoms with Crippen molar-refractivity contribution in [2.24, 2.45) is 0 Å². The van der Waals surface area contributed by atoms with Crippen molar-refractivity contribution in [3.63, 3.8) is 0 Å². The van der Waals surface area contributed by atoms with E-state index in [2.05, 4.69) is 9.62 Å². The minimum Gasteiger partial charge on any atom is -0.342 e. The van der Waals surface area contributed by atoms with E-state index in [0.29, 0.717) is 31.0 Å². The number of likely N-dealkylation sites (N-methyl/N-ethyl adjacent to an activating group) is 1. The van der Waals surface area contributed by atoms with E-state index < -0.39 is 16.1 Å². The van der Waals surface area contributed by atoms with Crippen LogP contribution in [0.15, 0.2) is 41.3 Å². The second kappa shape index (κ2) is 12.2. The van der Waals surface area contributed by atoms with Crippen molar-refractivity contribution in [1.82, 2.24) is 24.3 Å². The van der Waals surface area contributed by atoms with Crippen molar-refractivity contribution >= 4 is 50.1 Å². The number of nitrogens with one attached hydrogen (secondary N) is 1. The molecule has 0 spiro atoms. The van der Waals surface area contributed by atoms with Crippen LogP contribution in [0.25, 0.3) is 10.8 Å². The van der Waals surface area contributed by atoms with Crippen LogP contribution in [0.4, 0.5) is 0 Å². The van der Waals surface area contributed by atoms with Crippen LogP contribution in [-0.4, -0.2) is 110 Å². The smallest absolute Gasteiger partial charge is 0.242 e. The molecule has 3 atom stereocenters. The number of hydrogen-bond donors (Lipinski definition) is 1. The molecule has 0 bridgehead atoms. The Balaban J connectivity index is 1.19. The van der Waals surface area contributed by atoms with Gasteiger partial charge in [0.1, 0.15) is 6.04 Å². The van der Waals surface area contributed by atoms with Gasteiger partial charge in [-0.3, -0.25) is 19.3 Å². The molecule has 5 rings (SSSR count). The molecule has 3 aliphatic heterocycles. The van der Waals surface area contributed by atoms with E-state index in [9.17, 15) is 22.8 Å². The summed E-state index contributed by atoms with van der Waals surface area (Å²) in [7, 11) is -2.12. The number of likely N-dealkylation sites (tertiary alicyclic amines) is 3. The lowest BCUT2D eigenvalue weighted by Crippen LogP contribution is -2.55. The molecular weight excluding hydrogens is 566 g/mol. The predicted molar refractivity (Wildman–Crippen MR) is 157 cm³/mol. The summed E-state index contributed by atoms with van der Waals surface area (Å²) >= 11 is 6.04. The molecular formula is C29H38ClN5O5S. The molecule has 0 aromatic heterocycles. The van der Waals surface area contributed by atoms with Gasteiger partial charge in [0, 0.05) is 63.8 Å². The van der Waals surface area contributed by atoms with E-state index in [-0.39, 0.29) is 41.2 Å². The average Bonchev–Trinajstić information content (AvgIpc) is 3.60. The maximum atomic E-state index is 13.4. The van der Waals surface area contributed by atoms with Crippen LogP contribution >= 0.6 is 11.6 Å². The van der Waals surface area contributed by atoms with Gasteiger partial charge in [-0.1, -0.05) is 23.7 Å². The molecule has 0 radical (unpaired) electrons. The van der Waals surface area contributed by atoms with Gasteiger partial charge >= 0.3 is 0 Å². The highest BCUT2D eigenvalue weighted by atomic mass is 35.5. The third-order valence-corrected chi connectivity index (χ3v) is 10.4. The van der Waals surface area contributed by atoms with E-state index in [1.807, 2.05) is 11.9 Å². The SMILES string of the molecule is CC(=O)N(C)C1CCN(CC2CCCN2C(=O)CN2CCCC(NS(=O)(=O)c3ccc4cc(Cl)ccc4c3)C2=O)C1. The average molecular weight is 604 g/mol. The van der Waals surface area contributed by atoms with Gasteiger partial charge in [-0.25, -0.2) is 8.42 Å². The number of hydrogen-bond acceptors (Lipinski definition) is 6. The van der Waals surface area contributed by atoms with E-state index in [1.54, 1.807) is 42.2 Å². The molecule has 10 nitrogen and oxygen atoms in total. The Hall–Kier alpha value is -2.73. The van der Waals surface area contributed by atoms with Crippen LogP contribution in [0.3, 0.4) is 0 Å². The number of halogens is 1. The van der Waals surface area contributed by atoms with Gasteiger partial charge < -0.3 is 14.7 Å². The number of piperidine rings is 1. The maximum Gasteiger partial charge on any atom is 0.242 e. The second-order valence-corrected chi connectivity index (χ2v) is 13.6. The molecule has 222 valence electrons. The second-order valence-electron chi connectivity index (χ2n) is 11.4. The number of amides is 3. The topological polar surface area (TPSA) is 110 Å². The number of benzene rings is 2. The normalized spacial score (nSPS) is 23.9. The van der Waals surface area contributed by atoms with Gasteiger partial charge in [-0.05, 0) is 67.1 Å². The summed E-state index contributed by atoms with van der Waals surface area (Å²) in [6.45, 7) is 5.03. The van der Waals surface area contributed by atoms with Crippen molar-refractivity contribution in [3.05, 3.63) is 41.4 Å². The Morgan fingerprint density at radius 2 is 1.76 bits per heavy atom. The van der Waals surface area contributed by atoms with Gasteiger partial charge in [0.25, 0.3) is 0 Å². The van der Waals surface area contributed by atoms with Crippen LogP contribution in [0.2, 0.25) is 5.02 Å². The van der Waals surface area contributed by atoms with E-state index in [4.69, 9.17) is 11.6 Å². The Bertz CT molecular complexity index is 1440. The van der Waals surface area contributed by atoms with E-state index in [1.165, 1.54) is 11.0 Å². The highest BCUT2D eigenvalue weighted by Gasteiger charge is 2.37. The Kier molecular flexibility index (Phi) is 8.89. The summed E-state index contributed by atoms with van der Waals surface area (Å²) in [5, 5.41) is 2.12. The molecule has 12 heteroatoms.